The highest BCUT2D eigenvalue weighted by Crippen LogP contribution is 2.34. The normalized spacial score (nSPS) is 14.4. The molecule has 1 fully saturated rings. The molecule has 1 N–H and O–H groups in total. The molecule has 0 atom stereocenters. The largest absolute Gasteiger partial charge is 0.467 e. The van der Waals surface area contributed by atoms with Crippen molar-refractivity contribution >= 4 is 45.0 Å². The van der Waals surface area contributed by atoms with Crippen LogP contribution in [0.25, 0.3) is 10.2 Å². The van der Waals surface area contributed by atoms with Crippen molar-refractivity contribution in [3.05, 3.63) is 35.1 Å². The van der Waals surface area contributed by atoms with Gasteiger partial charge in [-0.3, -0.25) is 4.79 Å². The number of carbonyl (C=O) groups is 1. The number of anilines is 1. The lowest BCUT2D eigenvalue weighted by Gasteiger charge is -2.17. The van der Waals surface area contributed by atoms with E-state index in [1.165, 1.54) is 35.9 Å². The predicted octanol–water partition coefficient (Wildman–Crippen LogP) is 3.54. The Morgan fingerprint density at radius 3 is 2.96 bits per heavy atom. The number of hydrogen-bond donors (Lipinski definition) is 1. The van der Waals surface area contributed by atoms with Gasteiger partial charge in [0.05, 0.1) is 23.1 Å². The van der Waals surface area contributed by atoms with E-state index in [2.05, 4.69) is 15.2 Å². The van der Waals surface area contributed by atoms with E-state index in [-0.39, 0.29) is 5.91 Å². The van der Waals surface area contributed by atoms with Gasteiger partial charge in [-0.25, -0.2) is 9.97 Å². The topological polar surface area (TPSA) is 71.3 Å². The maximum atomic E-state index is 12.5. The number of nitrogens with one attached hydrogen (secondary N) is 1. The molecule has 8 heteroatoms. The van der Waals surface area contributed by atoms with Gasteiger partial charge in [0, 0.05) is 13.1 Å². The molecule has 3 aromatic rings. The van der Waals surface area contributed by atoms with Crippen molar-refractivity contribution < 1.29 is 9.21 Å². The first-order valence-corrected chi connectivity index (χ1v) is 10.2. The van der Waals surface area contributed by atoms with Crippen LogP contribution < -0.4 is 10.2 Å². The van der Waals surface area contributed by atoms with E-state index in [4.69, 9.17) is 9.40 Å². The number of nitrogens with zero attached hydrogens (tertiary/aromatic N) is 3. The molecule has 6 nitrogen and oxygen atoms in total. The van der Waals surface area contributed by atoms with Crippen molar-refractivity contribution in [2.45, 2.75) is 24.5 Å². The minimum Gasteiger partial charge on any atom is -0.467 e. The number of carbonyl (C=O) groups excluding carboxylic acids is 1. The summed E-state index contributed by atoms with van der Waals surface area (Å²) in [5, 5.41) is 4.61. The summed E-state index contributed by atoms with van der Waals surface area (Å²) in [7, 11) is 0. The van der Waals surface area contributed by atoms with E-state index < -0.39 is 0 Å². The molecule has 0 bridgehead atoms. The summed E-state index contributed by atoms with van der Waals surface area (Å²) in [5.74, 6) is 1.57. The van der Waals surface area contributed by atoms with Crippen LogP contribution in [-0.2, 0) is 6.54 Å². The van der Waals surface area contributed by atoms with E-state index in [1.54, 1.807) is 6.26 Å². The smallest absolute Gasteiger partial charge is 0.261 e. The van der Waals surface area contributed by atoms with Crippen LogP contribution in [0.2, 0.25) is 0 Å². The molecule has 1 amide bonds. The number of furan rings is 1. The van der Waals surface area contributed by atoms with Gasteiger partial charge < -0.3 is 14.6 Å². The Kier molecular flexibility index (Phi) is 4.63. The van der Waals surface area contributed by atoms with Gasteiger partial charge in [-0.1, -0.05) is 11.8 Å². The summed E-state index contributed by atoms with van der Waals surface area (Å²) in [5.41, 5.74) is 0. The number of hydrogen-bond acceptors (Lipinski definition) is 7. The Morgan fingerprint density at radius 2 is 2.24 bits per heavy atom. The fraction of sp³-hybridized carbons (Fsp3) is 0.353. The summed E-state index contributed by atoms with van der Waals surface area (Å²) in [6, 6.07) is 5.56. The molecule has 1 saturated heterocycles. The van der Waals surface area contributed by atoms with Gasteiger partial charge in [0.15, 0.2) is 5.16 Å². The van der Waals surface area contributed by atoms with Gasteiger partial charge in [0.25, 0.3) is 5.91 Å². The second-order valence-electron chi connectivity index (χ2n) is 5.82. The van der Waals surface area contributed by atoms with Crippen LogP contribution in [-0.4, -0.2) is 35.2 Å². The SMILES string of the molecule is CSc1nc(N2CCCC2)c2cc(C(=O)NCc3ccco3)sc2n1. The zero-order valence-corrected chi connectivity index (χ0v) is 15.5. The Morgan fingerprint density at radius 1 is 1.40 bits per heavy atom. The molecule has 130 valence electrons. The molecule has 0 aromatic carbocycles. The zero-order chi connectivity index (χ0) is 17.2. The number of aromatic nitrogens is 2. The average Bonchev–Trinajstić information content (AvgIpc) is 3.39. The molecule has 0 aliphatic carbocycles. The number of thioether (sulfide) groups is 1. The quantitative estimate of drug-likeness (QED) is 0.544. The average molecular weight is 374 g/mol. The highest BCUT2D eigenvalue weighted by Gasteiger charge is 2.21. The van der Waals surface area contributed by atoms with E-state index in [9.17, 15) is 4.79 Å². The third-order valence-corrected chi connectivity index (χ3v) is 5.74. The Bertz CT molecular complexity index is 886. The van der Waals surface area contributed by atoms with Gasteiger partial charge in [-0.15, -0.1) is 11.3 Å². The van der Waals surface area contributed by atoms with Gasteiger partial charge in [0.2, 0.25) is 0 Å². The highest BCUT2D eigenvalue weighted by molar-refractivity contribution is 7.98. The van der Waals surface area contributed by atoms with Crippen LogP contribution in [0.3, 0.4) is 0 Å². The van der Waals surface area contributed by atoms with Crippen molar-refractivity contribution in [1.82, 2.24) is 15.3 Å². The van der Waals surface area contributed by atoms with E-state index in [1.807, 2.05) is 24.5 Å². The van der Waals surface area contributed by atoms with Crippen molar-refractivity contribution in [3.8, 4) is 0 Å². The predicted molar refractivity (Wildman–Crippen MR) is 101 cm³/mol. The fourth-order valence-electron chi connectivity index (χ4n) is 2.93. The Labute approximate surface area is 153 Å². The first kappa shape index (κ1) is 16.4. The summed E-state index contributed by atoms with van der Waals surface area (Å²) >= 11 is 2.94. The van der Waals surface area contributed by atoms with Crippen molar-refractivity contribution in [2.75, 3.05) is 24.2 Å². The molecule has 3 aromatic heterocycles. The van der Waals surface area contributed by atoms with Crippen LogP contribution in [0.4, 0.5) is 5.82 Å². The van der Waals surface area contributed by atoms with Crippen LogP contribution in [0.5, 0.6) is 0 Å². The third kappa shape index (κ3) is 3.36. The van der Waals surface area contributed by atoms with E-state index >= 15 is 0 Å². The molecule has 4 heterocycles. The van der Waals surface area contributed by atoms with Gasteiger partial charge in [-0.05, 0) is 37.3 Å². The maximum Gasteiger partial charge on any atom is 0.261 e. The minimum atomic E-state index is -0.113. The monoisotopic (exact) mass is 374 g/mol. The standard InChI is InChI=1S/C17H18N4O2S2/c1-24-17-19-14(21-6-2-3-7-21)12-9-13(25-16(12)20-17)15(22)18-10-11-5-4-8-23-11/h4-5,8-9H,2-3,6-7,10H2,1H3,(H,18,22). The summed E-state index contributed by atoms with van der Waals surface area (Å²) in [6.45, 7) is 2.40. The molecule has 0 saturated carbocycles. The van der Waals surface area contributed by atoms with Crippen LogP contribution in [0.15, 0.2) is 34.0 Å². The zero-order valence-electron chi connectivity index (χ0n) is 13.8. The third-order valence-electron chi connectivity index (χ3n) is 4.17. The van der Waals surface area contributed by atoms with Crippen molar-refractivity contribution in [1.29, 1.82) is 0 Å². The second kappa shape index (κ2) is 7.05. The summed E-state index contributed by atoms with van der Waals surface area (Å²) in [4.78, 5) is 25.6. The van der Waals surface area contributed by atoms with Crippen molar-refractivity contribution in [2.24, 2.45) is 0 Å². The maximum absolute atomic E-state index is 12.5. The Hall–Kier alpha value is -2.06. The van der Waals surface area contributed by atoms with Crippen LogP contribution in [0, 0.1) is 0 Å². The molecule has 0 radical (unpaired) electrons. The highest BCUT2D eigenvalue weighted by atomic mass is 32.2. The molecule has 1 aliphatic rings. The van der Waals surface area contributed by atoms with Gasteiger partial charge in [-0.2, -0.15) is 0 Å². The fourth-order valence-corrected chi connectivity index (χ4v) is 4.29. The molecule has 0 spiro atoms. The van der Waals surface area contributed by atoms with Gasteiger partial charge in [0.1, 0.15) is 16.4 Å². The lowest BCUT2D eigenvalue weighted by atomic mass is 10.3. The van der Waals surface area contributed by atoms with Crippen LogP contribution >= 0.6 is 23.1 Å². The number of thiophene rings is 1. The van der Waals surface area contributed by atoms with E-state index in [0.717, 1.165) is 40.0 Å². The number of rotatable bonds is 5. The molecule has 1 aliphatic heterocycles. The molecular weight excluding hydrogens is 356 g/mol. The lowest BCUT2D eigenvalue weighted by Crippen LogP contribution is -2.21. The first-order valence-electron chi connectivity index (χ1n) is 8.15. The number of fused-ring (bicyclic) bond motifs is 1. The van der Waals surface area contributed by atoms with E-state index in [0.29, 0.717) is 11.4 Å². The minimum absolute atomic E-state index is 0.113. The van der Waals surface area contributed by atoms with Gasteiger partial charge >= 0.3 is 0 Å². The molecule has 4 rings (SSSR count). The molecule has 0 unspecified atom stereocenters. The second-order valence-corrected chi connectivity index (χ2v) is 7.62. The van der Waals surface area contributed by atoms with Crippen LogP contribution in [0.1, 0.15) is 28.3 Å². The van der Waals surface area contributed by atoms with Crippen molar-refractivity contribution in [3.63, 3.8) is 0 Å². The number of amides is 1. The Balaban J connectivity index is 1.64. The first-order chi connectivity index (χ1) is 12.2. The summed E-state index contributed by atoms with van der Waals surface area (Å²) in [6.07, 6.45) is 5.93. The molecule has 25 heavy (non-hydrogen) atoms. The lowest BCUT2D eigenvalue weighted by molar-refractivity contribution is 0.0952. The molecular formula is C17H18N4O2S2. The summed E-state index contributed by atoms with van der Waals surface area (Å²) < 4.78 is 5.25.